The van der Waals surface area contributed by atoms with Gasteiger partial charge in [-0.1, -0.05) is 30.3 Å². The van der Waals surface area contributed by atoms with E-state index in [9.17, 15) is 10.2 Å². The number of phenolic OH excluding ortho intramolecular Hbond substituents is 1. The Bertz CT molecular complexity index is 504. The summed E-state index contributed by atoms with van der Waals surface area (Å²) in [5.41, 5.74) is 3.98. The van der Waals surface area contributed by atoms with E-state index in [1.807, 2.05) is 37.3 Å². The Kier molecular flexibility index (Phi) is 2.93. The van der Waals surface area contributed by atoms with Crippen LogP contribution < -0.4 is 0 Å². The molecule has 0 aromatic heterocycles. The van der Waals surface area contributed by atoms with Crippen molar-refractivity contribution in [3.8, 4) is 16.9 Å². The summed E-state index contributed by atoms with van der Waals surface area (Å²) in [5.74, 6) is 0.256. The first-order chi connectivity index (χ1) is 7.72. The number of aliphatic hydroxyl groups excluding tert-OH is 1. The van der Waals surface area contributed by atoms with E-state index in [0.717, 1.165) is 22.3 Å². The molecule has 0 bridgehead atoms. The van der Waals surface area contributed by atoms with Crippen LogP contribution in [0.3, 0.4) is 0 Å². The van der Waals surface area contributed by atoms with Crippen LogP contribution >= 0.6 is 0 Å². The normalized spacial score (nSPS) is 10.4. The van der Waals surface area contributed by atoms with Gasteiger partial charge in [0.15, 0.2) is 0 Å². The molecule has 2 aromatic carbocycles. The van der Waals surface area contributed by atoms with Gasteiger partial charge in [0.05, 0.1) is 6.61 Å². The lowest BCUT2D eigenvalue weighted by Crippen LogP contribution is -1.91. The number of hydrogen-bond donors (Lipinski definition) is 2. The van der Waals surface area contributed by atoms with Crippen LogP contribution in [0, 0.1) is 6.92 Å². The SMILES string of the molecule is Cc1c(CO)cccc1-c1cccc(O)c1. The number of rotatable bonds is 2. The second-order valence-corrected chi connectivity index (χ2v) is 3.80. The van der Waals surface area contributed by atoms with Crippen LogP contribution in [0.25, 0.3) is 11.1 Å². The zero-order valence-corrected chi connectivity index (χ0v) is 9.14. The maximum atomic E-state index is 9.44. The lowest BCUT2D eigenvalue weighted by Gasteiger charge is -2.10. The highest BCUT2D eigenvalue weighted by molar-refractivity contribution is 5.69. The van der Waals surface area contributed by atoms with Crippen LogP contribution in [-0.4, -0.2) is 10.2 Å². The third-order valence-electron chi connectivity index (χ3n) is 2.77. The minimum atomic E-state index is 0.0402. The van der Waals surface area contributed by atoms with Gasteiger partial charge in [-0.05, 0) is 41.3 Å². The Balaban J connectivity index is 2.56. The molecule has 0 saturated heterocycles. The van der Waals surface area contributed by atoms with Crippen molar-refractivity contribution in [2.45, 2.75) is 13.5 Å². The van der Waals surface area contributed by atoms with Gasteiger partial charge in [-0.15, -0.1) is 0 Å². The Morgan fingerprint density at radius 2 is 1.81 bits per heavy atom. The van der Waals surface area contributed by atoms with Crippen molar-refractivity contribution in [3.05, 3.63) is 53.6 Å². The van der Waals surface area contributed by atoms with Crippen molar-refractivity contribution in [3.63, 3.8) is 0 Å². The number of hydrogen-bond acceptors (Lipinski definition) is 2. The highest BCUT2D eigenvalue weighted by atomic mass is 16.3. The van der Waals surface area contributed by atoms with Crippen LogP contribution in [-0.2, 0) is 6.61 Å². The lowest BCUT2D eigenvalue weighted by molar-refractivity contribution is 0.281. The number of benzene rings is 2. The first-order valence-corrected chi connectivity index (χ1v) is 5.21. The van der Waals surface area contributed by atoms with E-state index in [2.05, 4.69) is 0 Å². The summed E-state index contributed by atoms with van der Waals surface area (Å²) in [5, 5.41) is 18.6. The van der Waals surface area contributed by atoms with Gasteiger partial charge in [-0.2, -0.15) is 0 Å². The quantitative estimate of drug-likeness (QED) is 0.807. The Hall–Kier alpha value is -1.80. The molecule has 82 valence electrons. The molecular weight excluding hydrogens is 200 g/mol. The van der Waals surface area contributed by atoms with Crippen molar-refractivity contribution in [1.82, 2.24) is 0 Å². The fourth-order valence-electron chi connectivity index (χ4n) is 1.84. The van der Waals surface area contributed by atoms with Crippen LogP contribution in [0.1, 0.15) is 11.1 Å². The number of aromatic hydroxyl groups is 1. The lowest BCUT2D eigenvalue weighted by atomic mass is 9.97. The second kappa shape index (κ2) is 4.37. The van der Waals surface area contributed by atoms with Gasteiger partial charge in [-0.25, -0.2) is 0 Å². The van der Waals surface area contributed by atoms with E-state index >= 15 is 0 Å². The van der Waals surface area contributed by atoms with Crippen LogP contribution in [0.4, 0.5) is 0 Å². The van der Waals surface area contributed by atoms with Gasteiger partial charge >= 0.3 is 0 Å². The third kappa shape index (κ3) is 1.92. The molecule has 0 saturated carbocycles. The van der Waals surface area contributed by atoms with Crippen molar-refractivity contribution in [2.75, 3.05) is 0 Å². The summed E-state index contributed by atoms with van der Waals surface area (Å²) in [6.07, 6.45) is 0. The summed E-state index contributed by atoms with van der Waals surface area (Å²) in [6.45, 7) is 2.02. The topological polar surface area (TPSA) is 40.5 Å². The van der Waals surface area contributed by atoms with Gasteiger partial charge in [0.1, 0.15) is 5.75 Å². The van der Waals surface area contributed by atoms with Gasteiger partial charge in [-0.3, -0.25) is 0 Å². The van der Waals surface area contributed by atoms with Gasteiger partial charge in [0.25, 0.3) is 0 Å². The van der Waals surface area contributed by atoms with E-state index in [-0.39, 0.29) is 12.4 Å². The highest BCUT2D eigenvalue weighted by Crippen LogP contribution is 2.27. The van der Waals surface area contributed by atoms with E-state index in [0.29, 0.717) is 0 Å². The molecule has 0 aliphatic rings. The van der Waals surface area contributed by atoms with E-state index in [1.54, 1.807) is 12.1 Å². The maximum absolute atomic E-state index is 9.44. The van der Waals surface area contributed by atoms with E-state index in [4.69, 9.17) is 0 Å². The molecule has 2 aromatic rings. The molecule has 2 nitrogen and oxygen atoms in total. The number of phenols is 1. The number of aliphatic hydroxyl groups is 1. The van der Waals surface area contributed by atoms with Crippen LogP contribution in [0.2, 0.25) is 0 Å². The average Bonchev–Trinajstić information content (AvgIpc) is 2.29. The minimum absolute atomic E-state index is 0.0402. The Morgan fingerprint density at radius 3 is 2.50 bits per heavy atom. The fourth-order valence-corrected chi connectivity index (χ4v) is 1.84. The first-order valence-electron chi connectivity index (χ1n) is 5.21. The molecule has 0 amide bonds. The van der Waals surface area contributed by atoms with Crippen molar-refractivity contribution in [2.24, 2.45) is 0 Å². The Morgan fingerprint density at radius 1 is 1.06 bits per heavy atom. The molecule has 2 N–H and O–H groups in total. The monoisotopic (exact) mass is 214 g/mol. The molecule has 0 aliphatic heterocycles. The van der Waals surface area contributed by atoms with Gasteiger partial charge in [0, 0.05) is 0 Å². The fraction of sp³-hybridized carbons (Fsp3) is 0.143. The molecule has 0 aliphatic carbocycles. The summed E-state index contributed by atoms with van der Waals surface area (Å²) < 4.78 is 0. The molecule has 0 fully saturated rings. The molecule has 2 rings (SSSR count). The predicted octanol–water partition coefficient (Wildman–Crippen LogP) is 2.86. The van der Waals surface area contributed by atoms with Crippen molar-refractivity contribution >= 4 is 0 Å². The summed E-state index contributed by atoms with van der Waals surface area (Å²) in [7, 11) is 0. The minimum Gasteiger partial charge on any atom is -0.508 e. The zero-order chi connectivity index (χ0) is 11.5. The van der Waals surface area contributed by atoms with E-state index < -0.39 is 0 Å². The maximum Gasteiger partial charge on any atom is 0.116 e. The molecule has 16 heavy (non-hydrogen) atoms. The smallest absolute Gasteiger partial charge is 0.116 e. The molecule has 0 heterocycles. The van der Waals surface area contributed by atoms with Crippen LogP contribution in [0.15, 0.2) is 42.5 Å². The molecule has 0 unspecified atom stereocenters. The van der Waals surface area contributed by atoms with Crippen molar-refractivity contribution < 1.29 is 10.2 Å². The van der Waals surface area contributed by atoms with Crippen molar-refractivity contribution in [1.29, 1.82) is 0 Å². The van der Waals surface area contributed by atoms with Gasteiger partial charge in [0.2, 0.25) is 0 Å². The summed E-state index contributed by atoms with van der Waals surface area (Å²) in [4.78, 5) is 0. The second-order valence-electron chi connectivity index (χ2n) is 3.80. The molecule has 2 heteroatoms. The first kappa shape index (κ1) is 10.7. The standard InChI is InChI=1S/C14H14O2/c1-10-12(9-15)5-3-7-14(10)11-4-2-6-13(16)8-11/h2-8,15-16H,9H2,1H3. The van der Waals surface area contributed by atoms with Crippen LogP contribution in [0.5, 0.6) is 5.75 Å². The largest absolute Gasteiger partial charge is 0.508 e. The summed E-state index contributed by atoms with van der Waals surface area (Å²) in [6, 6.07) is 12.9. The van der Waals surface area contributed by atoms with Gasteiger partial charge < -0.3 is 10.2 Å². The molecule has 0 radical (unpaired) electrons. The van der Waals surface area contributed by atoms with E-state index in [1.165, 1.54) is 0 Å². The average molecular weight is 214 g/mol. The predicted molar refractivity (Wildman–Crippen MR) is 64.2 cm³/mol. The molecular formula is C14H14O2. The Labute approximate surface area is 94.8 Å². The third-order valence-corrected chi connectivity index (χ3v) is 2.77. The zero-order valence-electron chi connectivity index (χ0n) is 9.14. The highest BCUT2D eigenvalue weighted by Gasteiger charge is 2.05. The molecule has 0 atom stereocenters. The summed E-state index contributed by atoms with van der Waals surface area (Å²) >= 11 is 0. The molecule has 0 spiro atoms.